The van der Waals surface area contributed by atoms with Crippen molar-refractivity contribution < 1.29 is 19.5 Å². The van der Waals surface area contributed by atoms with Crippen LogP contribution in [0.5, 0.6) is 0 Å². The van der Waals surface area contributed by atoms with Gasteiger partial charge in [-0.3, -0.25) is 14.4 Å². The number of aliphatic carboxylic acids is 1. The summed E-state index contributed by atoms with van der Waals surface area (Å²) in [6.07, 6.45) is 4.14. The second-order valence-corrected chi connectivity index (χ2v) is 4.65. The molecule has 1 rings (SSSR count). The minimum Gasteiger partial charge on any atom is -0.480 e. The zero-order chi connectivity index (χ0) is 13.5. The molecule has 0 spiro atoms. The van der Waals surface area contributed by atoms with Gasteiger partial charge in [0.15, 0.2) is 0 Å². The van der Waals surface area contributed by atoms with Crippen LogP contribution in [0, 0.1) is 5.92 Å². The predicted octanol–water partition coefficient (Wildman–Crippen LogP) is 0.272. The number of carbonyl (C=O) groups is 3. The lowest BCUT2D eigenvalue weighted by Gasteiger charge is -2.11. The molecule has 6 heteroatoms. The number of rotatable bonds is 6. The van der Waals surface area contributed by atoms with E-state index in [1.54, 1.807) is 0 Å². The van der Waals surface area contributed by atoms with Crippen LogP contribution in [0.3, 0.4) is 0 Å². The Bertz CT molecular complexity index is 324. The molecule has 18 heavy (non-hydrogen) atoms. The molecule has 102 valence electrons. The van der Waals surface area contributed by atoms with Gasteiger partial charge in [-0.15, -0.1) is 0 Å². The van der Waals surface area contributed by atoms with Gasteiger partial charge in [-0.05, 0) is 19.8 Å². The number of nitrogens with one attached hydrogen (secondary N) is 2. The summed E-state index contributed by atoms with van der Waals surface area (Å²) in [4.78, 5) is 33.5. The molecule has 2 amide bonds. The van der Waals surface area contributed by atoms with Crippen molar-refractivity contribution >= 4 is 17.8 Å². The monoisotopic (exact) mass is 256 g/mol. The summed E-state index contributed by atoms with van der Waals surface area (Å²) in [6, 6.07) is -0.900. The van der Waals surface area contributed by atoms with Crippen molar-refractivity contribution in [3.63, 3.8) is 0 Å². The van der Waals surface area contributed by atoms with E-state index >= 15 is 0 Å². The van der Waals surface area contributed by atoms with Crippen LogP contribution in [0.2, 0.25) is 0 Å². The molecule has 0 aromatic carbocycles. The fourth-order valence-corrected chi connectivity index (χ4v) is 2.01. The van der Waals surface area contributed by atoms with Crippen molar-refractivity contribution in [2.75, 3.05) is 6.54 Å². The molecule has 0 aliphatic heterocycles. The molecule has 0 heterocycles. The lowest BCUT2D eigenvalue weighted by molar-refractivity contribution is -0.141. The molecular weight excluding hydrogens is 236 g/mol. The fraction of sp³-hybridized carbons (Fsp3) is 0.750. The topological polar surface area (TPSA) is 95.5 Å². The number of carboxylic acids is 1. The quantitative estimate of drug-likeness (QED) is 0.635. The van der Waals surface area contributed by atoms with E-state index in [0.29, 0.717) is 0 Å². The van der Waals surface area contributed by atoms with Crippen molar-refractivity contribution in [3.05, 3.63) is 0 Å². The molecular formula is C12H20N2O4. The number of hydrogen-bond donors (Lipinski definition) is 3. The number of carboxylic acid groups (broad SMARTS) is 1. The first-order valence-electron chi connectivity index (χ1n) is 6.30. The van der Waals surface area contributed by atoms with E-state index < -0.39 is 12.0 Å². The molecule has 0 bridgehead atoms. The highest BCUT2D eigenvalue weighted by Crippen LogP contribution is 2.24. The van der Waals surface area contributed by atoms with E-state index in [-0.39, 0.29) is 30.7 Å². The Morgan fingerprint density at radius 2 is 1.89 bits per heavy atom. The van der Waals surface area contributed by atoms with Crippen LogP contribution >= 0.6 is 0 Å². The Balaban J connectivity index is 2.15. The third-order valence-electron chi connectivity index (χ3n) is 3.13. The van der Waals surface area contributed by atoms with Crippen LogP contribution in [0.15, 0.2) is 0 Å². The molecule has 3 N–H and O–H groups in total. The Labute approximate surface area is 106 Å². The molecule has 0 aromatic heterocycles. The van der Waals surface area contributed by atoms with Crippen molar-refractivity contribution in [2.45, 2.75) is 45.1 Å². The van der Waals surface area contributed by atoms with Gasteiger partial charge in [-0.25, -0.2) is 0 Å². The van der Waals surface area contributed by atoms with Crippen LogP contribution in [-0.2, 0) is 14.4 Å². The largest absolute Gasteiger partial charge is 0.480 e. The van der Waals surface area contributed by atoms with E-state index in [4.69, 9.17) is 5.11 Å². The molecule has 1 aliphatic carbocycles. The average Bonchev–Trinajstić information content (AvgIpc) is 2.81. The van der Waals surface area contributed by atoms with Gasteiger partial charge in [0.05, 0.1) is 0 Å². The summed E-state index contributed by atoms with van der Waals surface area (Å²) in [5, 5.41) is 13.6. The molecule has 6 nitrogen and oxygen atoms in total. The second kappa shape index (κ2) is 6.98. The highest BCUT2D eigenvalue weighted by molar-refractivity contribution is 5.84. The SMILES string of the molecule is C[C@@H](NC(=O)CCNC(=O)C1CCCC1)C(=O)O. The van der Waals surface area contributed by atoms with Gasteiger partial charge in [0, 0.05) is 18.9 Å². The summed E-state index contributed by atoms with van der Waals surface area (Å²) in [5.41, 5.74) is 0. The normalized spacial score (nSPS) is 17.2. The first-order valence-corrected chi connectivity index (χ1v) is 6.30. The molecule has 0 unspecified atom stereocenters. The maximum Gasteiger partial charge on any atom is 0.325 e. The Morgan fingerprint density at radius 1 is 1.28 bits per heavy atom. The highest BCUT2D eigenvalue weighted by Gasteiger charge is 2.22. The Morgan fingerprint density at radius 3 is 2.44 bits per heavy atom. The first-order chi connectivity index (χ1) is 8.50. The third kappa shape index (κ3) is 4.73. The molecule has 0 radical (unpaired) electrons. The summed E-state index contributed by atoms with van der Waals surface area (Å²) in [5.74, 6) is -1.34. The standard InChI is InChI=1S/C12H20N2O4/c1-8(12(17)18)14-10(15)6-7-13-11(16)9-4-2-3-5-9/h8-9H,2-7H2,1H3,(H,13,16)(H,14,15)(H,17,18)/t8-/m1/s1. The average molecular weight is 256 g/mol. The maximum absolute atomic E-state index is 11.6. The van der Waals surface area contributed by atoms with Crippen LogP contribution < -0.4 is 10.6 Å². The summed E-state index contributed by atoms with van der Waals surface area (Å²) < 4.78 is 0. The summed E-state index contributed by atoms with van der Waals surface area (Å²) in [6.45, 7) is 1.66. The van der Waals surface area contributed by atoms with Gasteiger partial charge in [0.1, 0.15) is 6.04 Å². The third-order valence-corrected chi connectivity index (χ3v) is 3.13. The molecule has 0 saturated heterocycles. The minimum absolute atomic E-state index is 0.00610. The van der Waals surface area contributed by atoms with Gasteiger partial charge in [-0.2, -0.15) is 0 Å². The summed E-state index contributed by atoms with van der Waals surface area (Å²) in [7, 11) is 0. The predicted molar refractivity (Wildman–Crippen MR) is 64.8 cm³/mol. The van der Waals surface area contributed by atoms with Gasteiger partial charge in [-0.1, -0.05) is 12.8 Å². The Hall–Kier alpha value is -1.59. The number of hydrogen-bond acceptors (Lipinski definition) is 3. The second-order valence-electron chi connectivity index (χ2n) is 4.65. The van der Waals surface area contributed by atoms with E-state index in [0.717, 1.165) is 25.7 Å². The zero-order valence-electron chi connectivity index (χ0n) is 10.6. The lowest BCUT2D eigenvalue weighted by Crippen LogP contribution is -2.40. The van der Waals surface area contributed by atoms with Crippen molar-refractivity contribution in [2.24, 2.45) is 5.92 Å². The van der Waals surface area contributed by atoms with Crippen LogP contribution in [0.1, 0.15) is 39.0 Å². The van der Waals surface area contributed by atoms with Gasteiger partial charge < -0.3 is 15.7 Å². The van der Waals surface area contributed by atoms with Crippen molar-refractivity contribution in [1.82, 2.24) is 10.6 Å². The van der Waals surface area contributed by atoms with Crippen molar-refractivity contribution in [3.8, 4) is 0 Å². The maximum atomic E-state index is 11.6. The molecule has 1 saturated carbocycles. The molecule has 0 aromatic rings. The van der Waals surface area contributed by atoms with E-state index in [9.17, 15) is 14.4 Å². The zero-order valence-corrected chi connectivity index (χ0v) is 10.6. The number of amides is 2. The van der Waals surface area contributed by atoms with E-state index in [1.165, 1.54) is 6.92 Å². The van der Waals surface area contributed by atoms with Gasteiger partial charge >= 0.3 is 5.97 Å². The lowest BCUT2D eigenvalue weighted by atomic mass is 10.1. The Kier molecular flexibility index (Phi) is 5.61. The molecule has 1 atom stereocenters. The first kappa shape index (κ1) is 14.5. The fourth-order valence-electron chi connectivity index (χ4n) is 2.01. The van der Waals surface area contributed by atoms with E-state index in [2.05, 4.69) is 10.6 Å². The number of carbonyl (C=O) groups excluding carboxylic acids is 2. The van der Waals surface area contributed by atoms with Crippen molar-refractivity contribution in [1.29, 1.82) is 0 Å². The molecule has 1 fully saturated rings. The van der Waals surface area contributed by atoms with Crippen LogP contribution in [0.25, 0.3) is 0 Å². The molecule has 1 aliphatic rings. The van der Waals surface area contributed by atoms with E-state index in [1.807, 2.05) is 0 Å². The van der Waals surface area contributed by atoms with Gasteiger partial charge in [0.2, 0.25) is 11.8 Å². The van der Waals surface area contributed by atoms with Crippen LogP contribution in [-0.4, -0.2) is 35.5 Å². The van der Waals surface area contributed by atoms with Crippen LogP contribution in [0.4, 0.5) is 0 Å². The van der Waals surface area contributed by atoms with Gasteiger partial charge in [0.25, 0.3) is 0 Å². The summed E-state index contributed by atoms with van der Waals surface area (Å²) >= 11 is 0. The minimum atomic E-state index is -1.07. The highest BCUT2D eigenvalue weighted by atomic mass is 16.4. The smallest absolute Gasteiger partial charge is 0.325 e.